The van der Waals surface area contributed by atoms with E-state index in [1.165, 1.54) is 23.9 Å². The van der Waals surface area contributed by atoms with Crippen LogP contribution in [-0.4, -0.2) is 44.1 Å². The van der Waals surface area contributed by atoms with Gasteiger partial charge in [0.15, 0.2) is 0 Å². The minimum atomic E-state index is -1.03. The third-order valence-corrected chi connectivity index (χ3v) is 6.73. The predicted molar refractivity (Wildman–Crippen MR) is 146 cm³/mol. The second-order valence-electron chi connectivity index (χ2n) is 9.80. The number of aromatic nitrogens is 3. The number of unbranched alkanes of at least 4 members (excludes halogenated alkanes) is 1. The Balaban J connectivity index is 1.50. The third kappa shape index (κ3) is 7.68. The predicted octanol–water partition coefficient (Wildman–Crippen LogP) is 4.40. The minimum Gasteiger partial charge on any atom is -0.390 e. The number of nitrogens with zero attached hydrogens (tertiary/aromatic N) is 3. The van der Waals surface area contributed by atoms with E-state index in [1.807, 2.05) is 12.1 Å². The Morgan fingerprint density at radius 3 is 2.51 bits per heavy atom. The molecule has 0 spiro atoms. The summed E-state index contributed by atoms with van der Waals surface area (Å²) in [5.41, 5.74) is 3.88. The third-order valence-electron chi connectivity index (χ3n) is 6.73. The molecule has 4 aromatic rings. The zero-order valence-corrected chi connectivity index (χ0v) is 22.3. The minimum absolute atomic E-state index is 0.0388. The molecule has 0 aliphatic rings. The maximum atomic E-state index is 13.9. The smallest absolute Gasteiger partial charge is 0.254 e. The summed E-state index contributed by atoms with van der Waals surface area (Å²) in [4.78, 5) is 21.9. The number of nitrogens with one attached hydrogen (secondary N) is 2. The summed E-state index contributed by atoms with van der Waals surface area (Å²) < 4.78 is 29.6. The Morgan fingerprint density at radius 2 is 1.77 bits per heavy atom. The number of carbonyl (C=O) groups excluding carboxylic acids is 1. The van der Waals surface area contributed by atoms with Gasteiger partial charge in [-0.1, -0.05) is 44.5 Å². The van der Waals surface area contributed by atoms with Crippen molar-refractivity contribution in [3.63, 3.8) is 0 Å². The molecule has 0 saturated heterocycles. The molecule has 0 bridgehead atoms. The fraction of sp³-hybridized carbons (Fsp3) is 0.367. The summed E-state index contributed by atoms with van der Waals surface area (Å²) in [6.07, 6.45) is 7.63. The lowest BCUT2D eigenvalue weighted by atomic mass is 10.00. The number of hydrogen-bond acceptors (Lipinski definition) is 5. The molecular weight excluding hydrogens is 500 g/mol. The standard InChI is InChI=1S/C30H35F2N5O2/c1-3-5-9-26-17-35-30-34-16-23(19-37(26)30)29(39)36-27(13-22-11-24(31)14-25(32)12-22)28(38)18-33-15-21-8-6-7-20(4-2)10-21/h6-8,10-12,14,16-17,19,27-28,33,38H,3-5,9,13,15,18H2,1-2H3,(H,36,39)/t27-,28+/m0/s1. The maximum absolute atomic E-state index is 13.9. The Kier molecular flexibility index (Phi) is 9.73. The summed E-state index contributed by atoms with van der Waals surface area (Å²) >= 11 is 0. The van der Waals surface area contributed by atoms with Crippen molar-refractivity contribution in [2.24, 2.45) is 0 Å². The van der Waals surface area contributed by atoms with Crippen molar-refractivity contribution < 1.29 is 18.7 Å². The summed E-state index contributed by atoms with van der Waals surface area (Å²) in [5, 5.41) is 17.2. The number of rotatable bonds is 13. The average molecular weight is 536 g/mol. The van der Waals surface area contributed by atoms with E-state index in [1.54, 1.807) is 16.8 Å². The van der Waals surface area contributed by atoms with Crippen molar-refractivity contribution in [3.05, 3.63) is 101 Å². The zero-order valence-electron chi connectivity index (χ0n) is 22.3. The van der Waals surface area contributed by atoms with Crippen LogP contribution in [0.4, 0.5) is 8.78 Å². The molecule has 0 radical (unpaired) electrons. The highest BCUT2D eigenvalue weighted by molar-refractivity contribution is 5.94. The number of imidazole rings is 1. The molecule has 0 unspecified atom stereocenters. The zero-order chi connectivity index (χ0) is 27.8. The van der Waals surface area contributed by atoms with Crippen LogP contribution in [0.5, 0.6) is 0 Å². The number of fused-ring (bicyclic) bond motifs is 1. The molecule has 0 aliphatic carbocycles. The first-order valence-corrected chi connectivity index (χ1v) is 13.4. The van der Waals surface area contributed by atoms with Crippen LogP contribution in [0.2, 0.25) is 0 Å². The number of amides is 1. The molecule has 0 saturated carbocycles. The fourth-order valence-electron chi connectivity index (χ4n) is 4.57. The van der Waals surface area contributed by atoms with E-state index in [2.05, 4.69) is 46.6 Å². The summed E-state index contributed by atoms with van der Waals surface area (Å²) in [6.45, 7) is 4.89. The number of aliphatic hydroxyl groups is 1. The van der Waals surface area contributed by atoms with Crippen LogP contribution in [-0.2, 0) is 25.8 Å². The maximum Gasteiger partial charge on any atom is 0.254 e. The van der Waals surface area contributed by atoms with Crippen molar-refractivity contribution in [1.82, 2.24) is 25.0 Å². The van der Waals surface area contributed by atoms with Crippen LogP contribution < -0.4 is 10.6 Å². The molecule has 2 atom stereocenters. The van der Waals surface area contributed by atoms with Gasteiger partial charge in [-0.2, -0.15) is 0 Å². The number of benzene rings is 2. The first-order valence-electron chi connectivity index (χ1n) is 13.4. The second-order valence-corrected chi connectivity index (χ2v) is 9.80. The first kappa shape index (κ1) is 28.3. The normalized spacial score (nSPS) is 12.9. The molecule has 0 aliphatic heterocycles. The van der Waals surface area contributed by atoms with Gasteiger partial charge in [-0.25, -0.2) is 18.7 Å². The van der Waals surface area contributed by atoms with E-state index in [0.717, 1.165) is 43.0 Å². The van der Waals surface area contributed by atoms with Gasteiger partial charge in [0.25, 0.3) is 5.91 Å². The quantitative estimate of drug-likeness (QED) is 0.236. The lowest BCUT2D eigenvalue weighted by molar-refractivity contribution is 0.0829. The van der Waals surface area contributed by atoms with Gasteiger partial charge in [0.2, 0.25) is 5.78 Å². The highest BCUT2D eigenvalue weighted by Crippen LogP contribution is 2.14. The lowest BCUT2D eigenvalue weighted by Crippen LogP contribution is -2.48. The van der Waals surface area contributed by atoms with E-state index in [9.17, 15) is 18.7 Å². The molecular formula is C30H35F2N5O2. The van der Waals surface area contributed by atoms with E-state index < -0.39 is 29.7 Å². The number of hydrogen-bond donors (Lipinski definition) is 3. The van der Waals surface area contributed by atoms with Crippen molar-refractivity contribution >= 4 is 11.7 Å². The largest absolute Gasteiger partial charge is 0.390 e. The van der Waals surface area contributed by atoms with E-state index >= 15 is 0 Å². The van der Waals surface area contributed by atoms with Crippen LogP contribution >= 0.6 is 0 Å². The Bertz CT molecular complexity index is 1390. The van der Waals surface area contributed by atoms with E-state index in [4.69, 9.17) is 0 Å². The molecule has 4 rings (SSSR count). The van der Waals surface area contributed by atoms with Crippen molar-refractivity contribution in [3.8, 4) is 0 Å². The van der Waals surface area contributed by atoms with Crippen LogP contribution in [0.1, 0.15) is 59.4 Å². The van der Waals surface area contributed by atoms with Gasteiger partial charge in [0.1, 0.15) is 11.6 Å². The van der Waals surface area contributed by atoms with Gasteiger partial charge >= 0.3 is 0 Å². The van der Waals surface area contributed by atoms with Crippen LogP contribution in [0.3, 0.4) is 0 Å². The van der Waals surface area contributed by atoms with Crippen LogP contribution in [0.25, 0.3) is 5.78 Å². The first-order chi connectivity index (χ1) is 18.9. The summed E-state index contributed by atoms with van der Waals surface area (Å²) in [5.74, 6) is -1.38. The van der Waals surface area contributed by atoms with Crippen LogP contribution in [0.15, 0.2) is 61.1 Å². The van der Waals surface area contributed by atoms with Gasteiger partial charge in [-0.05, 0) is 54.5 Å². The Morgan fingerprint density at radius 1 is 1.03 bits per heavy atom. The highest BCUT2D eigenvalue weighted by atomic mass is 19.1. The molecule has 2 aromatic heterocycles. The van der Waals surface area contributed by atoms with Crippen molar-refractivity contribution in [2.45, 2.75) is 64.6 Å². The molecule has 39 heavy (non-hydrogen) atoms. The van der Waals surface area contributed by atoms with Crippen molar-refractivity contribution in [1.29, 1.82) is 0 Å². The fourth-order valence-corrected chi connectivity index (χ4v) is 4.57. The van der Waals surface area contributed by atoms with Gasteiger partial charge in [-0.15, -0.1) is 0 Å². The molecule has 0 fully saturated rings. The monoisotopic (exact) mass is 535 g/mol. The Hall–Kier alpha value is -3.69. The number of aryl methyl sites for hydroxylation is 2. The van der Waals surface area contributed by atoms with Gasteiger partial charge in [0.05, 0.1) is 23.9 Å². The van der Waals surface area contributed by atoms with Gasteiger partial charge < -0.3 is 15.7 Å². The lowest BCUT2D eigenvalue weighted by Gasteiger charge is -2.25. The van der Waals surface area contributed by atoms with Crippen LogP contribution in [0, 0.1) is 11.6 Å². The molecule has 2 heterocycles. The van der Waals surface area contributed by atoms with Gasteiger partial charge in [0, 0.05) is 37.2 Å². The topological polar surface area (TPSA) is 91.5 Å². The van der Waals surface area contributed by atoms with Gasteiger partial charge in [-0.3, -0.25) is 9.20 Å². The molecule has 3 N–H and O–H groups in total. The van der Waals surface area contributed by atoms with Crippen molar-refractivity contribution in [2.75, 3.05) is 6.54 Å². The average Bonchev–Trinajstić information content (AvgIpc) is 3.33. The van der Waals surface area contributed by atoms with E-state index in [0.29, 0.717) is 23.4 Å². The number of carbonyl (C=O) groups is 1. The highest BCUT2D eigenvalue weighted by Gasteiger charge is 2.24. The SMILES string of the molecule is CCCCc1cnc2ncc(C(=O)N[C@@H](Cc3cc(F)cc(F)c3)[C@H](O)CNCc3cccc(CC)c3)cn12. The molecule has 7 nitrogen and oxygen atoms in total. The summed E-state index contributed by atoms with van der Waals surface area (Å²) in [6, 6.07) is 10.5. The molecule has 2 aromatic carbocycles. The molecule has 1 amide bonds. The number of halogens is 2. The second kappa shape index (κ2) is 13.4. The molecule has 9 heteroatoms. The summed E-state index contributed by atoms with van der Waals surface area (Å²) in [7, 11) is 0. The van der Waals surface area contributed by atoms with E-state index in [-0.39, 0.29) is 13.0 Å². The number of aliphatic hydroxyl groups excluding tert-OH is 1. The Labute approximate surface area is 227 Å². The molecule has 206 valence electrons.